The summed E-state index contributed by atoms with van der Waals surface area (Å²) in [5.41, 5.74) is 0.0599. The molecule has 0 radical (unpaired) electrons. The van der Waals surface area contributed by atoms with Crippen molar-refractivity contribution in [3.63, 3.8) is 0 Å². The van der Waals surface area contributed by atoms with Gasteiger partial charge in [-0.05, 0) is 42.5 Å². The average molecular weight is 388 g/mol. The molecular weight excluding hydrogens is 373 g/mol. The molecule has 0 aromatic heterocycles. The molecule has 2 aromatic rings. The van der Waals surface area contributed by atoms with Gasteiger partial charge >= 0.3 is 5.97 Å². The Kier molecular flexibility index (Phi) is 5.86. The molecule has 25 heavy (non-hydrogen) atoms. The zero-order valence-corrected chi connectivity index (χ0v) is 15.0. The van der Waals surface area contributed by atoms with Crippen molar-refractivity contribution in [2.24, 2.45) is 0 Å². The first-order chi connectivity index (χ1) is 11.8. The minimum Gasteiger partial charge on any atom is -0.495 e. The van der Waals surface area contributed by atoms with E-state index in [2.05, 4.69) is 4.74 Å². The molecule has 0 aliphatic carbocycles. The van der Waals surface area contributed by atoms with E-state index in [0.717, 1.165) is 35.7 Å². The van der Waals surface area contributed by atoms with E-state index in [4.69, 9.17) is 16.3 Å². The molecule has 9 heteroatoms. The largest absolute Gasteiger partial charge is 0.495 e. The summed E-state index contributed by atoms with van der Waals surface area (Å²) in [5, 5.41) is 0.250. The van der Waals surface area contributed by atoms with E-state index in [1.165, 1.54) is 25.3 Å². The second-order valence-corrected chi connectivity index (χ2v) is 7.16. The number of carbonyl (C=O) groups is 1. The molecule has 0 saturated heterocycles. The number of nitrogens with zero attached hydrogens (tertiary/aromatic N) is 1. The molecule has 2 aromatic carbocycles. The highest BCUT2D eigenvalue weighted by atomic mass is 35.5. The van der Waals surface area contributed by atoms with Gasteiger partial charge in [-0.2, -0.15) is 0 Å². The highest BCUT2D eigenvalue weighted by Gasteiger charge is 2.30. The predicted octanol–water partition coefficient (Wildman–Crippen LogP) is 2.86. The third-order valence-corrected chi connectivity index (χ3v) is 5.32. The molecule has 0 saturated carbocycles. The van der Waals surface area contributed by atoms with E-state index in [0.29, 0.717) is 0 Å². The van der Waals surface area contributed by atoms with Crippen LogP contribution in [0.25, 0.3) is 0 Å². The van der Waals surface area contributed by atoms with Crippen LogP contribution in [0.3, 0.4) is 0 Å². The van der Waals surface area contributed by atoms with Gasteiger partial charge in [0.05, 0.1) is 24.8 Å². The Morgan fingerprint density at radius 2 is 1.80 bits per heavy atom. The minimum atomic E-state index is -4.20. The molecular formula is C16H15ClFNO5S. The minimum absolute atomic E-state index is 0.0599. The Morgan fingerprint density at radius 1 is 1.16 bits per heavy atom. The van der Waals surface area contributed by atoms with Crippen LogP contribution < -0.4 is 9.04 Å². The topological polar surface area (TPSA) is 72.9 Å². The molecule has 0 amide bonds. The number of ether oxygens (including phenoxy) is 2. The first-order valence-corrected chi connectivity index (χ1v) is 8.80. The van der Waals surface area contributed by atoms with Crippen LogP contribution in [0.5, 0.6) is 5.75 Å². The number of benzene rings is 2. The van der Waals surface area contributed by atoms with Gasteiger partial charge in [-0.1, -0.05) is 11.6 Å². The summed E-state index contributed by atoms with van der Waals surface area (Å²) in [5.74, 6) is -1.18. The van der Waals surface area contributed by atoms with Gasteiger partial charge in [0.1, 0.15) is 18.1 Å². The summed E-state index contributed by atoms with van der Waals surface area (Å²) < 4.78 is 49.6. The molecule has 0 heterocycles. The number of hydrogen-bond donors (Lipinski definition) is 0. The van der Waals surface area contributed by atoms with Crippen molar-refractivity contribution in [3.8, 4) is 5.75 Å². The smallest absolute Gasteiger partial charge is 0.326 e. The zero-order chi connectivity index (χ0) is 18.6. The van der Waals surface area contributed by atoms with Crippen LogP contribution in [0.1, 0.15) is 0 Å². The lowest BCUT2D eigenvalue weighted by atomic mass is 10.3. The summed E-state index contributed by atoms with van der Waals surface area (Å²) in [4.78, 5) is 11.6. The predicted molar refractivity (Wildman–Crippen MR) is 91.0 cm³/mol. The number of halogens is 2. The maximum absolute atomic E-state index is 13.1. The summed E-state index contributed by atoms with van der Waals surface area (Å²) >= 11 is 5.96. The van der Waals surface area contributed by atoms with Crippen LogP contribution in [-0.4, -0.2) is 35.2 Å². The second kappa shape index (κ2) is 7.71. The zero-order valence-electron chi connectivity index (χ0n) is 13.4. The van der Waals surface area contributed by atoms with E-state index in [1.807, 2.05) is 0 Å². The quantitative estimate of drug-likeness (QED) is 0.712. The molecule has 6 nitrogen and oxygen atoms in total. The van der Waals surface area contributed by atoms with Crippen LogP contribution in [0, 0.1) is 5.82 Å². The third kappa shape index (κ3) is 4.21. The van der Waals surface area contributed by atoms with E-state index in [-0.39, 0.29) is 21.4 Å². The van der Waals surface area contributed by atoms with Crippen LogP contribution >= 0.6 is 11.6 Å². The molecule has 0 fully saturated rings. The first-order valence-electron chi connectivity index (χ1n) is 6.98. The SMILES string of the molecule is COC(=O)CN(c1cc(Cl)ccc1OC)S(=O)(=O)c1ccc(F)cc1. The van der Waals surface area contributed by atoms with Gasteiger partial charge in [-0.25, -0.2) is 12.8 Å². The van der Waals surface area contributed by atoms with Gasteiger partial charge < -0.3 is 9.47 Å². The fourth-order valence-corrected chi connectivity index (χ4v) is 3.65. The van der Waals surface area contributed by atoms with Gasteiger partial charge in [-0.15, -0.1) is 0 Å². The number of esters is 1. The Labute approximate surface area is 149 Å². The Hall–Kier alpha value is -2.32. The van der Waals surface area contributed by atoms with Crippen LogP contribution in [0.2, 0.25) is 5.02 Å². The normalized spacial score (nSPS) is 11.0. The Balaban J connectivity index is 2.62. The lowest BCUT2D eigenvalue weighted by Crippen LogP contribution is -2.36. The van der Waals surface area contributed by atoms with Crippen LogP contribution in [0.4, 0.5) is 10.1 Å². The van der Waals surface area contributed by atoms with Crippen molar-refractivity contribution >= 4 is 33.3 Å². The van der Waals surface area contributed by atoms with Gasteiger partial charge in [0.15, 0.2) is 0 Å². The number of methoxy groups -OCH3 is 2. The van der Waals surface area contributed by atoms with Gasteiger partial charge in [0.2, 0.25) is 0 Å². The van der Waals surface area contributed by atoms with Crippen LogP contribution in [-0.2, 0) is 19.6 Å². The molecule has 0 aliphatic rings. The van der Waals surface area contributed by atoms with Crippen molar-refractivity contribution in [1.29, 1.82) is 0 Å². The molecule has 0 aliphatic heterocycles. The first kappa shape index (κ1) is 19.0. The van der Waals surface area contributed by atoms with Gasteiger partial charge in [0.25, 0.3) is 10.0 Å². The molecule has 0 unspecified atom stereocenters. The van der Waals surface area contributed by atoms with Crippen molar-refractivity contribution in [1.82, 2.24) is 0 Å². The lowest BCUT2D eigenvalue weighted by Gasteiger charge is -2.25. The van der Waals surface area contributed by atoms with Crippen molar-refractivity contribution < 1.29 is 27.1 Å². The van der Waals surface area contributed by atoms with E-state index in [1.54, 1.807) is 0 Å². The van der Waals surface area contributed by atoms with E-state index >= 15 is 0 Å². The Bertz CT molecular complexity index is 871. The highest BCUT2D eigenvalue weighted by molar-refractivity contribution is 7.92. The Morgan fingerprint density at radius 3 is 2.36 bits per heavy atom. The fraction of sp³-hybridized carbons (Fsp3) is 0.188. The van der Waals surface area contributed by atoms with Gasteiger partial charge in [-0.3, -0.25) is 9.10 Å². The maximum Gasteiger partial charge on any atom is 0.326 e. The monoisotopic (exact) mass is 387 g/mol. The summed E-state index contributed by atoms with van der Waals surface area (Å²) in [6, 6.07) is 8.58. The summed E-state index contributed by atoms with van der Waals surface area (Å²) in [7, 11) is -1.70. The van der Waals surface area contributed by atoms with Crippen molar-refractivity contribution in [2.45, 2.75) is 4.90 Å². The van der Waals surface area contributed by atoms with Crippen LogP contribution in [0.15, 0.2) is 47.4 Å². The second-order valence-electron chi connectivity index (χ2n) is 4.86. The highest BCUT2D eigenvalue weighted by Crippen LogP contribution is 2.34. The lowest BCUT2D eigenvalue weighted by molar-refractivity contribution is -0.138. The fourth-order valence-electron chi connectivity index (χ4n) is 2.07. The number of anilines is 1. The summed E-state index contributed by atoms with van der Waals surface area (Å²) in [6.45, 7) is -0.604. The number of sulfonamides is 1. The maximum atomic E-state index is 13.1. The molecule has 0 atom stereocenters. The number of hydrogen-bond acceptors (Lipinski definition) is 5. The number of rotatable bonds is 6. The van der Waals surface area contributed by atoms with Crippen molar-refractivity contribution in [2.75, 3.05) is 25.1 Å². The molecule has 134 valence electrons. The molecule has 2 rings (SSSR count). The molecule has 0 bridgehead atoms. The van der Waals surface area contributed by atoms with E-state index in [9.17, 15) is 17.6 Å². The molecule has 0 N–H and O–H groups in total. The third-order valence-electron chi connectivity index (χ3n) is 3.31. The van der Waals surface area contributed by atoms with E-state index < -0.39 is 28.4 Å². The van der Waals surface area contributed by atoms with Crippen molar-refractivity contribution in [3.05, 3.63) is 53.3 Å². The number of carbonyl (C=O) groups excluding carboxylic acids is 1. The standard InChI is InChI=1S/C16H15ClFNO5S/c1-23-15-8-3-11(17)9-14(15)19(10-16(20)24-2)25(21,22)13-6-4-12(18)5-7-13/h3-9H,10H2,1-2H3. The average Bonchev–Trinajstić information content (AvgIpc) is 2.59. The molecule has 0 spiro atoms. The summed E-state index contributed by atoms with van der Waals surface area (Å²) in [6.07, 6.45) is 0. The van der Waals surface area contributed by atoms with Gasteiger partial charge in [0, 0.05) is 5.02 Å².